The SMILES string of the molecule is O=C(O)Cc1cc(F)cnc1-c1cccc(OC(F)(F)F)c1. The van der Waals surface area contributed by atoms with Gasteiger partial charge in [0.15, 0.2) is 0 Å². The molecule has 0 bridgehead atoms. The quantitative estimate of drug-likeness (QED) is 0.878. The summed E-state index contributed by atoms with van der Waals surface area (Å²) in [4.78, 5) is 14.6. The summed E-state index contributed by atoms with van der Waals surface area (Å²) >= 11 is 0. The molecule has 1 aromatic carbocycles. The summed E-state index contributed by atoms with van der Waals surface area (Å²) in [5.41, 5.74) is 0.325. The maximum atomic E-state index is 13.2. The molecule has 1 heterocycles. The predicted molar refractivity (Wildman–Crippen MR) is 67.7 cm³/mol. The van der Waals surface area contributed by atoms with Crippen molar-refractivity contribution in [2.45, 2.75) is 12.8 Å². The molecule has 0 amide bonds. The van der Waals surface area contributed by atoms with Crippen molar-refractivity contribution in [3.8, 4) is 17.0 Å². The highest BCUT2D eigenvalue weighted by atomic mass is 19.4. The molecule has 22 heavy (non-hydrogen) atoms. The van der Waals surface area contributed by atoms with Crippen LogP contribution in [0.5, 0.6) is 5.75 Å². The molecular formula is C14H9F4NO3. The fraction of sp³-hybridized carbons (Fsp3) is 0.143. The lowest BCUT2D eigenvalue weighted by atomic mass is 10.0. The molecule has 2 aromatic rings. The largest absolute Gasteiger partial charge is 0.573 e. The number of alkyl halides is 3. The first-order chi connectivity index (χ1) is 10.2. The highest BCUT2D eigenvalue weighted by Crippen LogP contribution is 2.29. The first kappa shape index (κ1) is 15.7. The molecule has 1 N–H and O–H groups in total. The van der Waals surface area contributed by atoms with Crippen LogP contribution in [0.1, 0.15) is 5.56 Å². The van der Waals surface area contributed by atoms with Gasteiger partial charge in [-0.05, 0) is 23.8 Å². The van der Waals surface area contributed by atoms with Crippen molar-refractivity contribution in [2.75, 3.05) is 0 Å². The lowest BCUT2D eigenvalue weighted by Gasteiger charge is -2.11. The Labute approximate surface area is 122 Å². The standard InChI is InChI=1S/C14H9F4NO3/c15-10-4-9(6-12(20)21)13(19-7-10)8-2-1-3-11(5-8)22-14(16,17)18/h1-5,7H,6H2,(H,20,21). The van der Waals surface area contributed by atoms with E-state index in [0.29, 0.717) is 0 Å². The van der Waals surface area contributed by atoms with E-state index < -0.39 is 30.3 Å². The number of benzene rings is 1. The van der Waals surface area contributed by atoms with E-state index in [1.165, 1.54) is 12.1 Å². The van der Waals surface area contributed by atoms with E-state index in [0.717, 1.165) is 24.4 Å². The van der Waals surface area contributed by atoms with Crippen LogP contribution in [-0.2, 0) is 11.2 Å². The van der Waals surface area contributed by atoms with Crippen molar-refractivity contribution in [3.05, 3.63) is 47.9 Å². The zero-order valence-electron chi connectivity index (χ0n) is 10.9. The predicted octanol–water partition coefficient (Wildman–Crippen LogP) is 3.41. The number of pyridine rings is 1. The molecule has 0 saturated heterocycles. The fourth-order valence-corrected chi connectivity index (χ4v) is 1.88. The van der Waals surface area contributed by atoms with Gasteiger partial charge in [-0.15, -0.1) is 13.2 Å². The number of hydrogen-bond acceptors (Lipinski definition) is 3. The second kappa shape index (κ2) is 6.00. The van der Waals surface area contributed by atoms with Gasteiger partial charge in [0.1, 0.15) is 11.6 Å². The van der Waals surface area contributed by atoms with Crippen LogP contribution < -0.4 is 4.74 Å². The maximum Gasteiger partial charge on any atom is 0.573 e. The minimum absolute atomic E-state index is 0.0525. The number of carboxylic acid groups (broad SMARTS) is 1. The van der Waals surface area contributed by atoms with Gasteiger partial charge in [0.25, 0.3) is 0 Å². The van der Waals surface area contributed by atoms with Crippen molar-refractivity contribution < 1.29 is 32.2 Å². The summed E-state index contributed by atoms with van der Waals surface area (Å²) in [6.07, 6.45) is -4.50. The van der Waals surface area contributed by atoms with Crippen molar-refractivity contribution >= 4 is 5.97 Å². The molecule has 0 atom stereocenters. The average Bonchev–Trinajstić information content (AvgIpc) is 2.36. The van der Waals surface area contributed by atoms with Gasteiger partial charge in [0.05, 0.1) is 18.3 Å². The normalized spacial score (nSPS) is 11.3. The van der Waals surface area contributed by atoms with E-state index in [2.05, 4.69) is 9.72 Å². The number of nitrogens with zero attached hydrogens (tertiary/aromatic N) is 1. The monoisotopic (exact) mass is 315 g/mol. The van der Waals surface area contributed by atoms with Crippen LogP contribution in [0.3, 0.4) is 0 Å². The zero-order valence-corrected chi connectivity index (χ0v) is 10.9. The third-order valence-corrected chi connectivity index (χ3v) is 2.62. The van der Waals surface area contributed by atoms with Crippen LogP contribution in [-0.4, -0.2) is 22.4 Å². The number of hydrogen-bond donors (Lipinski definition) is 1. The molecule has 4 nitrogen and oxygen atoms in total. The molecule has 116 valence electrons. The average molecular weight is 315 g/mol. The molecule has 2 rings (SSSR count). The maximum absolute atomic E-state index is 13.2. The molecule has 0 radical (unpaired) electrons. The Hall–Kier alpha value is -2.64. The number of halogens is 4. The van der Waals surface area contributed by atoms with Gasteiger partial charge in [-0.25, -0.2) is 4.39 Å². The second-order valence-corrected chi connectivity index (χ2v) is 4.31. The van der Waals surface area contributed by atoms with Crippen molar-refractivity contribution in [1.82, 2.24) is 4.98 Å². The Kier molecular flexibility index (Phi) is 4.30. The molecule has 0 saturated carbocycles. The summed E-state index contributed by atoms with van der Waals surface area (Å²) in [6.45, 7) is 0. The molecule has 0 aliphatic heterocycles. The van der Waals surface area contributed by atoms with Crippen molar-refractivity contribution in [1.29, 1.82) is 0 Å². The van der Waals surface area contributed by atoms with Crippen LogP contribution in [0.15, 0.2) is 36.5 Å². The third-order valence-electron chi connectivity index (χ3n) is 2.62. The smallest absolute Gasteiger partial charge is 0.481 e. The number of carbonyl (C=O) groups is 1. The highest BCUT2D eigenvalue weighted by Gasteiger charge is 2.31. The van der Waals surface area contributed by atoms with E-state index >= 15 is 0 Å². The molecular weight excluding hydrogens is 306 g/mol. The summed E-state index contributed by atoms with van der Waals surface area (Å²) in [7, 11) is 0. The first-order valence-corrected chi connectivity index (χ1v) is 5.97. The third kappa shape index (κ3) is 4.18. The number of ether oxygens (including phenoxy) is 1. The number of carboxylic acids is 1. The topological polar surface area (TPSA) is 59.4 Å². The molecule has 0 unspecified atom stereocenters. The van der Waals surface area contributed by atoms with Crippen molar-refractivity contribution in [2.24, 2.45) is 0 Å². The highest BCUT2D eigenvalue weighted by molar-refractivity contribution is 5.75. The number of aliphatic carboxylic acids is 1. The Bertz CT molecular complexity index is 701. The number of aromatic nitrogens is 1. The van der Waals surface area contributed by atoms with E-state index in [4.69, 9.17) is 5.11 Å². The van der Waals surface area contributed by atoms with Gasteiger partial charge in [-0.2, -0.15) is 0 Å². The molecule has 0 fully saturated rings. The second-order valence-electron chi connectivity index (χ2n) is 4.31. The van der Waals surface area contributed by atoms with Gasteiger partial charge < -0.3 is 9.84 Å². The molecule has 1 aromatic heterocycles. The van der Waals surface area contributed by atoms with Crippen LogP contribution in [0.25, 0.3) is 11.3 Å². The Morgan fingerprint density at radius 3 is 2.64 bits per heavy atom. The zero-order chi connectivity index (χ0) is 16.3. The lowest BCUT2D eigenvalue weighted by Crippen LogP contribution is -2.17. The minimum atomic E-state index is -4.85. The molecule has 0 aliphatic carbocycles. The Morgan fingerprint density at radius 1 is 1.27 bits per heavy atom. The molecule has 8 heteroatoms. The summed E-state index contributed by atoms with van der Waals surface area (Å²) in [5.74, 6) is -2.42. The van der Waals surface area contributed by atoms with Gasteiger partial charge in [-0.1, -0.05) is 12.1 Å². The first-order valence-electron chi connectivity index (χ1n) is 5.97. The summed E-state index contributed by atoms with van der Waals surface area (Å²) < 4.78 is 53.6. The Balaban J connectivity index is 2.43. The van der Waals surface area contributed by atoms with Crippen molar-refractivity contribution in [3.63, 3.8) is 0 Å². The molecule has 0 spiro atoms. The van der Waals surface area contributed by atoms with E-state index in [1.54, 1.807) is 0 Å². The van der Waals surface area contributed by atoms with E-state index in [-0.39, 0.29) is 16.8 Å². The Morgan fingerprint density at radius 2 is 2.00 bits per heavy atom. The van der Waals surface area contributed by atoms with Crippen LogP contribution in [0.2, 0.25) is 0 Å². The van der Waals surface area contributed by atoms with Gasteiger partial charge in [0.2, 0.25) is 0 Å². The van der Waals surface area contributed by atoms with Crippen LogP contribution >= 0.6 is 0 Å². The lowest BCUT2D eigenvalue weighted by molar-refractivity contribution is -0.274. The van der Waals surface area contributed by atoms with Gasteiger partial charge >= 0.3 is 12.3 Å². The molecule has 0 aliphatic rings. The van der Waals surface area contributed by atoms with Gasteiger partial charge in [-0.3, -0.25) is 9.78 Å². The summed E-state index contributed by atoms with van der Waals surface area (Å²) in [5, 5.41) is 8.81. The fourth-order valence-electron chi connectivity index (χ4n) is 1.88. The minimum Gasteiger partial charge on any atom is -0.481 e. The van der Waals surface area contributed by atoms with Crippen LogP contribution in [0.4, 0.5) is 17.6 Å². The van der Waals surface area contributed by atoms with E-state index in [1.807, 2.05) is 0 Å². The number of rotatable bonds is 4. The van der Waals surface area contributed by atoms with Crippen LogP contribution in [0, 0.1) is 5.82 Å². The van der Waals surface area contributed by atoms with Gasteiger partial charge in [0, 0.05) is 5.56 Å². The van der Waals surface area contributed by atoms with E-state index in [9.17, 15) is 22.4 Å². The summed E-state index contributed by atoms with van der Waals surface area (Å²) in [6, 6.07) is 5.85.